The zero-order valence-electron chi connectivity index (χ0n) is 10.7. The number of nitrogens with one attached hydrogen (secondary N) is 1. The number of urea groups is 1. The zero-order valence-corrected chi connectivity index (χ0v) is 12.3. The highest BCUT2D eigenvalue weighted by Gasteiger charge is 2.48. The monoisotopic (exact) mass is 313 g/mol. The van der Waals surface area contributed by atoms with Gasteiger partial charge in [0, 0.05) is 11.1 Å². The number of carbonyl (C=O) groups excluding carboxylic acids is 1. The number of thiazole rings is 1. The van der Waals surface area contributed by atoms with E-state index in [-0.39, 0.29) is 11.4 Å². The van der Waals surface area contributed by atoms with E-state index >= 15 is 0 Å². The van der Waals surface area contributed by atoms with E-state index in [1.54, 1.807) is 17.3 Å². The normalized spacial score (nSPS) is 25.7. The van der Waals surface area contributed by atoms with Crippen LogP contribution in [0.5, 0.6) is 0 Å². The largest absolute Gasteiger partial charge is 0.480 e. The van der Waals surface area contributed by atoms with Crippen molar-refractivity contribution in [2.45, 2.75) is 30.8 Å². The minimum atomic E-state index is -0.926. The van der Waals surface area contributed by atoms with Gasteiger partial charge in [-0.05, 0) is 18.8 Å². The second kappa shape index (κ2) is 5.61. The summed E-state index contributed by atoms with van der Waals surface area (Å²) in [6.45, 7) is 0.341. The van der Waals surface area contributed by atoms with Gasteiger partial charge in [0.05, 0.1) is 23.1 Å². The average Bonchev–Trinajstić information content (AvgIpc) is 2.97. The van der Waals surface area contributed by atoms with Crippen molar-refractivity contribution in [1.82, 2.24) is 15.2 Å². The standard InChI is InChI=1S/C12H15N3O3S2/c16-11(17)9-5-20-10(7-1-2-7)15(9)12(18)13-3-8-4-19-6-14-8/h4,6-7,9-10H,1-3,5H2,(H,13,18)(H,16,17). The van der Waals surface area contributed by atoms with E-state index in [4.69, 9.17) is 0 Å². The summed E-state index contributed by atoms with van der Waals surface area (Å²) in [5, 5.41) is 13.9. The molecule has 2 heterocycles. The lowest BCUT2D eigenvalue weighted by Gasteiger charge is -2.27. The Kier molecular flexibility index (Phi) is 3.84. The van der Waals surface area contributed by atoms with Crippen LogP contribution in [0, 0.1) is 5.92 Å². The summed E-state index contributed by atoms with van der Waals surface area (Å²) in [6.07, 6.45) is 2.17. The van der Waals surface area contributed by atoms with Crippen molar-refractivity contribution in [1.29, 1.82) is 0 Å². The summed E-state index contributed by atoms with van der Waals surface area (Å²) in [7, 11) is 0. The van der Waals surface area contributed by atoms with Crippen molar-refractivity contribution in [2.24, 2.45) is 5.92 Å². The molecule has 0 spiro atoms. The second-order valence-corrected chi connectivity index (χ2v) is 6.83. The molecule has 1 aliphatic heterocycles. The van der Waals surface area contributed by atoms with Gasteiger partial charge in [-0.3, -0.25) is 4.90 Å². The van der Waals surface area contributed by atoms with Gasteiger partial charge < -0.3 is 10.4 Å². The fourth-order valence-electron chi connectivity index (χ4n) is 2.30. The van der Waals surface area contributed by atoms with E-state index in [9.17, 15) is 14.7 Å². The molecule has 0 bridgehead atoms. The van der Waals surface area contributed by atoms with Crippen LogP contribution in [0.4, 0.5) is 4.79 Å². The highest BCUT2D eigenvalue weighted by Crippen LogP contribution is 2.45. The van der Waals surface area contributed by atoms with Crippen molar-refractivity contribution in [2.75, 3.05) is 5.75 Å². The summed E-state index contributed by atoms with van der Waals surface area (Å²) in [4.78, 5) is 29.2. The maximum atomic E-state index is 12.3. The van der Waals surface area contributed by atoms with Gasteiger partial charge in [0.1, 0.15) is 6.04 Å². The molecule has 6 nitrogen and oxygen atoms in total. The minimum Gasteiger partial charge on any atom is -0.480 e. The fourth-order valence-corrected chi connectivity index (χ4v) is 4.49. The molecule has 0 aromatic carbocycles. The third kappa shape index (κ3) is 2.76. The molecule has 1 saturated heterocycles. The average molecular weight is 313 g/mol. The third-order valence-electron chi connectivity index (χ3n) is 3.48. The van der Waals surface area contributed by atoms with E-state index < -0.39 is 12.0 Å². The Bertz CT molecular complexity index is 504. The van der Waals surface area contributed by atoms with Gasteiger partial charge in [-0.25, -0.2) is 14.6 Å². The Morgan fingerprint density at radius 3 is 2.90 bits per heavy atom. The van der Waals surface area contributed by atoms with E-state index in [1.807, 2.05) is 5.38 Å². The number of aromatic nitrogens is 1. The number of hydrogen-bond acceptors (Lipinski definition) is 5. The smallest absolute Gasteiger partial charge is 0.327 e. The number of aliphatic carboxylic acids is 1. The predicted octanol–water partition coefficient (Wildman–Crippen LogP) is 1.59. The van der Waals surface area contributed by atoms with Crippen molar-refractivity contribution in [3.05, 3.63) is 16.6 Å². The summed E-state index contributed by atoms with van der Waals surface area (Å²) in [5.74, 6) is -0.000466. The number of amides is 2. The number of hydrogen-bond donors (Lipinski definition) is 2. The Labute approximate surface area is 124 Å². The Hall–Kier alpha value is -1.28. The summed E-state index contributed by atoms with van der Waals surface area (Å²) in [6, 6.07) is -1.02. The van der Waals surface area contributed by atoms with Crippen molar-refractivity contribution in [3.8, 4) is 0 Å². The maximum Gasteiger partial charge on any atom is 0.327 e. The first-order chi connectivity index (χ1) is 9.66. The molecule has 2 N–H and O–H groups in total. The number of carboxylic acid groups (broad SMARTS) is 1. The number of carbonyl (C=O) groups is 2. The van der Waals surface area contributed by atoms with Crippen molar-refractivity contribution in [3.63, 3.8) is 0 Å². The molecule has 2 atom stereocenters. The fraction of sp³-hybridized carbons (Fsp3) is 0.583. The number of rotatable bonds is 4. The molecule has 3 rings (SSSR count). The van der Waals surface area contributed by atoms with E-state index in [0.29, 0.717) is 18.2 Å². The SMILES string of the molecule is O=C(O)C1CSC(C2CC2)N1C(=O)NCc1cscn1. The number of nitrogens with zero attached hydrogens (tertiary/aromatic N) is 2. The third-order valence-corrected chi connectivity index (χ3v) is 5.58. The molecule has 1 aromatic heterocycles. The molecular weight excluding hydrogens is 298 g/mol. The van der Waals surface area contributed by atoms with Gasteiger partial charge in [-0.2, -0.15) is 0 Å². The van der Waals surface area contributed by atoms with Crippen LogP contribution < -0.4 is 5.32 Å². The molecule has 2 amide bonds. The molecule has 0 radical (unpaired) electrons. The summed E-state index contributed by atoms with van der Waals surface area (Å²) < 4.78 is 0. The van der Waals surface area contributed by atoms with Crippen LogP contribution in [0.1, 0.15) is 18.5 Å². The topological polar surface area (TPSA) is 82.5 Å². The molecule has 1 saturated carbocycles. The molecule has 1 aromatic rings. The molecule has 2 aliphatic rings. The Morgan fingerprint density at radius 2 is 2.30 bits per heavy atom. The van der Waals surface area contributed by atoms with Crippen LogP contribution in [-0.2, 0) is 11.3 Å². The second-order valence-electron chi connectivity index (χ2n) is 4.96. The molecular formula is C12H15N3O3S2. The van der Waals surface area contributed by atoms with Crippen molar-refractivity contribution < 1.29 is 14.7 Å². The summed E-state index contributed by atoms with van der Waals surface area (Å²) in [5.41, 5.74) is 2.50. The van der Waals surface area contributed by atoms with E-state index in [0.717, 1.165) is 18.5 Å². The lowest BCUT2D eigenvalue weighted by atomic mass is 10.2. The van der Waals surface area contributed by atoms with Crippen LogP contribution in [0.3, 0.4) is 0 Å². The van der Waals surface area contributed by atoms with Crippen LogP contribution in [-0.4, -0.2) is 44.2 Å². The van der Waals surface area contributed by atoms with Crippen LogP contribution in [0.15, 0.2) is 10.9 Å². The van der Waals surface area contributed by atoms with Crippen LogP contribution >= 0.6 is 23.1 Å². The predicted molar refractivity (Wildman–Crippen MR) is 76.6 cm³/mol. The number of thioether (sulfide) groups is 1. The quantitative estimate of drug-likeness (QED) is 0.882. The lowest BCUT2D eigenvalue weighted by Crippen LogP contribution is -2.50. The first-order valence-corrected chi connectivity index (χ1v) is 8.43. The molecule has 8 heteroatoms. The summed E-state index contributed by atoms with van der Waals surface area (Å²) >= 11 is 3.05. The molecule has 1 aliphatic carbocycles. The first kappa shape index (κ1) is 13.7. The van der Waals surface area contributed by atoms with Gasteiger partial charge in [0.25, 0.3) is 0 Å². The highest BCUT2D eigenvalue weighted by atomic mass is 32.2. The van der Waals surface area contributed by atoms with Gasteiger partial charge >= 0.3 is 12.0 Å². The van der Waals surface area contributed by atoms with Gasteiger partial charge in [-0.15, -0.1) is 23.1 Å². The molecule has 2 fully saturated rings. The Balaban J connectivity index is 1.67. The Morgan fingerprint density at radius 1 is 1.50 bits per heavy atom. The molecule has 2 unspecified atom stereocenters. The minimum absolute atomic E-state index is 0.00605. The zero-order chi connectivity index (χ0) is 14.1. The van der Waals surface area contributed by atoms with Gasteiger partial charge in [-0.1, -0.05) is 0 Å². The van der Waals surface area contributed by atoms with Crippen molar-refractivity contribution >= 4 is 35.1 Å². The van der Waals surface area contributed by atoms with Crippen LogP contribution in [0.2, 0.25) is 0 Å². The highest BCUT2D eigenvalue weighted by molar-refractivity contribution is 8.00. The lowest BCUT2D eigenvalue weighted by molar-refractivity contribution is -0.141. The van der Waals surface area contributed by atoms with Gasteiger partial charge in [0.2, 0.25) is 0 Å². The molecule has 20 heavy (non-hydrogen) atoms. The molecule has 108 valence electrons. The first-order valence-electron chi connectivity index (χ1n) is 6.44. The van der Waals surface area contributed by atoms with E-state index in [1.165, 1.54) is 16.2 Å². The van der Waals surface area contributed by atoms with Gasteiger partial charge in [0.15, 0.2) is 0 Å². The van der Waals surface area contributed by atoms with Crippen LogP contribution in [0.25, 0.3) is 0 Å². The number of carboxylic acids is 1. The maximum absolute atomic E-state index is 12.3. The van der Waals surface area contributed by atoms with E-state index in [2.05, 4.69) is 10.3 Å².